The van der Waals surface area contributed by atoms with E-state index in [0.29, 0.717) is 11.4 Å². The van der Waals surface area contributed by atoms with Crippen molar-refractivity contribution in [2.75, 3.05) is 5.32 Å². The Balaban J connectivity index is 2.45. The highest BCUT2D eigenvalue weighted by molar-refractivity contribution is 7.10. The molecule has 0 saturated carbocycles. The summed E-state index contributed by atoms with van der Waals surface area (Å²) in [5.41, 5.74) is 0. The van der Waals surface area contributed by atoms with Crippen LogP contribution in [0.3, 0.4) is 0 Å². The van der Waals surface area contributed by atoms with Gasteiger partial charge >= 0.3 is 12.0 Å². The van der Waals surface area contributed by atoms with Crippen molar-refractivity contribution in [3.8, 4) is 0 Å². The van der Waals surface area contributed by atoms with Crippen LogP contribution in [0.2, 0.25) is 0 Å². The Morgan fingerprint density at radius 1 is 1.67 bits per heavy atom. The van der Waals surface area contributed by atoms with Crippen molar-refractivity contribution in [1.82, 2.24) is 14.9 Å². The van der Waals surface area contributed by atoms with E-state index < -0.39 is 18.0 Å². The molecule has 7 nitrogen and oxygen atoms in total. The number of carboxylic acid groups (broad SMARTS) is 1. The molecule has 8 heteroatoms. The maximum Gasteiger partial charge on any atom is 0.326 e. The first-order chi connectivity index (χ1) is 7.13. The van der Waals surface area contributed by atoms with Gasteiger partial charge in [0.1, 0.15) is 11.0 Å². The van der Waals surface area contributed by atoms with Crippen LogP contribution in [0, 0.1) is 0 Å². The number of hydrogen-bond acceptors (Lipinski definition) is 5. The molecule has 0 unspecified atom stereocenters. The van der Waals surface area contributed by atoms with Crippen molar-refractivity contribution in [3.05, 3.63) is 6.20 Å². The van der Waals surface area contributed by atoms with E-state index in [1.54, 1.807) is 6.92 Å². The second-order valence-corrected chi connectivity index (χ2v) is 3.46. The molecule has 0 fully saturated rings. The molecule has 15 heavy (non-hydrogen) atoms. The lowest BCUT2D eigenvalue weighted by Crippen LogP contribution is -2.42. The van der Waals surface area contributed by atoms with E-state index in [2.05, 4.69) is 20.2 Å². The zero-order valence-electron chi connectivity index (χ0n) is 7.93. The maximum atomic E-state index is 11.2. The van der Waals surface area contributed by atoms with Crippen LogP contribution >= 0.6 is 11.5 Å². The quantitative estimate of drug-likeness (QED) is 0.699. The van der Waals surface area contributed by atoms with Gasteiger partial charge in [-0.25, -0.2) is 9.59 Å². The largest absolute Gasteiger partial charge is 0.480 e. The number of aromatic nitrogens is 2. The molecule has 0 bridgehead atoms. The van der Waals surface area contributed by atoms with Crippen molar-refractivity contribution in [3.63, 3.8) is 0 Å². The fourth-order valence-corrected chi connectivity index (χ4v) is 1.28. The molecular weight excluding hydrogens is 220 g/mol. The van der Waals surface area contributed by atoms with E-state index in [1.807, 2.05) is 0 Å². The third-order valence-corrected chi connectivity index (χ3v) is 2.19. The zero-order valence-corrected chi connectivity index (χ0v) is 8.74. The van der Waals surface area contributed by atoms with Crippen molar-refractivity contribution in [2.24, 2.45) is 0 Å². The van der Waals surface area contributed by atoms with Gasteiger partial charge < -0.3 is 10.4 Å². The minimum atomic E-state index is -1.06. The summed E-state index contributed by atoms with van der Waals surface area (Å²) in [6, 6.07) is -1.46. The number of carbonyl (C=O) groups is 2. The van der Waals surface area contributed by atoms with E-state index in [-0.39, 0.29) is 0 Å². The first-order valence-corrected chi connectivity index (χ1v) is 4.98. The second kappa shape index (κ2) is 5.25. The van der Waals surface area contributed by atoms with Gasteiger partial charge in [-0.1, -0.05) is 11.4 Å². The molecule has 1 heterocycles. The molecule has 1 rings (SSSR count). The van der Waals surface area contributed by atoms with E-state index in [9.17, 15) is 9.59 Å². The number of anilines is 1. The highest BCUT2D eigenvalue weighted by Gasteiger charge is 2.17. The Hall–Kier alpha value is -1.70. The molecule has 1 atom stereocenters. The molecule has 0 aliphatic heterocycles. The summed E-state index contributed by atoms with van der Waals surface area (Å²) in [6.07, 6.45) is 1.70. The van der Waals surface area contributed by atoms with Crippen molar-refractivity contribution >= 4 is 28.5 Å². The van der Waals surface area contributed by atoms with Gasteiger partial charge in [-0.2, -0.15) is 0 Å². The van der Waals surface area contributed by atoms with Crippen LogP contribution in [-0.2, 0) is 4.79 Å². The molecule has 0 aromatic carbocycles. The van der Waals surface area contributed by atoms with Crippen LogP contribution in [0.5, 0.6) is 0 Å². The minimum Gasteiger partial charge on any atom is -0.480 e. The molecule has 0 spiro atoms. The van der Waals surface area contributed by atoms with Crippen LogP contribution < -0.4 is 10.6 Å². The van der Waals surface area contributed by atoms with Gasteiger partial charge in [0, 0.05) is 11.5 Å². The average Bonchev–Trinajstić information content (AvgIpc) is 2.66. The highest BCUT2D eigenvalue weighted by Crippen LogP contribution is 2.08. The van der Waals surface area contributed by atoms with Crippen LogP contribution in [0.1, 0.15) is 13.3 Å². The monoisotopic (exact) mass is 230 g/mol. The number of aliphatic carboxylic acids is 1. The first-order valence-electron chi connectivity index (χ1n) is 4.21. The summed E-state index contributed by atoms with van der Waals surface area (Å²) in [7, 11) is 0. The summed E-state index contributed by atoms with van der Waals surface area (Å²) in [4.78, 5) is 21.9. The van der Waals surface area contributed by atoms with E-state index in [0.717, 1.165) is 11.5 Å². The standard InChI is InChI=1S/C7H10N4O3S/c1-2-4(6(12)13)9-7(14)10-5-3-8-11-15-5/h3-4H,2H2,1H3,(H,12,13)(H2,9,10,14)/t4-/m1/s1. The molecule has 0 aliphatic rings. The van der Waals surface area contributed by atoms with Crippen molar-refractivity contribution in [2.45, 2.75) is 19.4 Å². The minimum absolute atomic E-state index is 0.323. The molecule has 2 amide bonds. The normalized spacial score (nSPS) is 11.8. The predicted molar refractivity (Wildman–Crippen MR) is 53.8 cm³/mol. The van der Waals surface area contributed by atoms with Crippen molar-refractivity contribution < 1.29 is 14.7 Å². The molecule has 82 valence electrons. The van der Waals surface area contributed by atoms with Crippen LogP contribution in [-0.4, -0.2) is 32.7 Å². The predicted octanol–water partition coefficient (Wildman–Crippen LogP) is 0.523. The number of rotatable bonds is 4. The third-order valence-electron chi connectivity index (χ3n) is 1.61. The molecule has 1 aromatic rings. The summed E-state index contributed by atoms with van der Waals surface area (Å²) >= 11 is 1.01. The number of nitrogens with zero attached hydrogens (tertiary/aromatic N) is 2. The zero-order chi connectivity index (χ0) is 11.3. The van der Waals surface area contributed by atoms with Gasteiger partial charge in [0.15, 0.2) is 0 Å². The second-order valence-electron chi connectivity index (χ2n) is 2.68. The van der Waals surface area contributed by atoms with E-state index in [1.165, 1.54) is 6.20 Å². The molecular formula is C7H10N4O3S. The van der Waals surface area contributed by atoms with Gasteiger partial charge in [-0.3, -0.25) is 5.32 Å². The topological polar surface area (TPSA) is 104 Å². The SMILES string of the molecule is CC[C@@H](NC(=O)Nc1cnns1)C(=O)O. The fourth-order valence-electron chi connectivity index (χ4n) is 0.867. The first kappa shape index (κ1) is 11.4. The molecule has 0 aliphatic carbocycles. The molecule has 3 N–H and O–H groups in total. The Bertz CT molecular complexity index is 340. The summed E-state index contributed by atoms with van der Waals surface area (Å²) in [5.74, 6) is -1.06. The Labute approximate surface area is 89.7 Å². The van der Waals surface area contributed by atoms with Crippen LogP contribution in [0.25, 0.3) is 0 Å². The van der Waals surface area contributed by atoms with Gasteiger partial charge in [-0.15, -0.1) is 5.10 Å². The molecule has 0 saturated heterocycles. The summed E-state index contributed by atoms with van der Waals surface area (Å²) < 4.78 is 3.54. The average molecular weight is 230 g/mol. The molecule has 1 aromatic heterocycles. The number of nitrogens with one attached hydrogen (secondary N) is 2. The lowest BCUT2D eigenvalue weighted by Gasteiger charge is -2.11. The fraction of sp³-hybridized carbons (Fsp3) is 0.429. The lowest BCUT2D eigenvalue weighted by atomic mass is 10.2. The summed E-state index contributed by atoms with van der Waals surface area (Å²) in [5, 5.41) is 17.4. The highest BCUT2D eigenvalue weighted by atomic mass is 32.1. The number of amides is 2. The number of carboxylic acids is 1. The van der Waals surface area contributed by atoms with E-state index >= 15 is 0 Å². The van der Waals surface area contributed by atoms with Gasteiger partial charge in [0.2, 0.25) is 0 Å². The number of urea groups is 1. The Kier molecular flexibility index (Phi) is 3.98. The van der Waals surface area contributed by atoms with Gasteiger partial charge in [-0.05, 0) is 6.42 Å². The van der Waals surface area contributed by atoms with Crippen LogP contribution in [0.15, 0.2) is 6.20 Å². The number of hydrogen-bond donors (Lipinski definition) is 3. The maximum absolute atomic E-state index is 11.2. The third kappa shape index (κ3) is 3.50. The van der Waals surface area contributed by atoms with Gasteiger partial charge in [0.25, 0.3) is 0 Å². The smallest absolute Gasteiger partial charge is 0.326 e. The summed E-state index contributed by atoms with van der Waals surface area (Å²) in [6.45, 7) is 1.67. The lowest BCUT2D eigenvalue weighted by molar-refractivity contribution is -0.139. The Morgan fingerprint density at radius 2 is 2.40 bits per heavy atom. The Morgan fingerprint density at radius 3 is 2.87 bits per heavy atom. The van der Waals surface area contributed by atoms with Gasteiger partial charge in [0.05, 0.1) is 6.20 Å². The molecule has 0 radical (unpaired) electrons. The number of carbonyl (C=O) groups excluding carboxylic acids is 1. The van der Waals surface area contributed by atoms with Crippen molar-refractivity contribution in [1.29, 1.82) is 0 Å². The van der Waals surface area contributed by atoms with Crippen LogP contribution in [0.4, 0.5) is 9.80 Å². The van der Waals surface area contributed by atoms with E-state index in [4.69, 9.17) is 5.11 Å².